The number of hydrogen-bond donors (Lipinski definition) is 1. The molecule has 4 heteroatoms. The lowest BCUT2D eigenvalue weighted by Crippen LogP contribution is -2.30. The maximum atomic E-state index is 6.11. The fourth-order valence-electron chi connectivity index (χ4n) is 2.47. The van der Waals surface area contributed by atoms with Crippen molar-refractivity contribution in [1.29, 1.82) is 0 Å². The molecule has 1 saturated heterocycles. The van der Waals surface area contributed by atoms with Crippen LogP contribution >= 0.6 is 24.0 Å². The van der Waals surface area contributed by atoms with E-state index in [9.17, 15) is 0 Å². The molecule has 0 unspecified atom stereocenters. The SMILES string of the molecule is CC(C)(C)c1cc(Cl)ccc1OCC1CCNCC1.Cl. The first-order chi connectivity index (χ1) is 8.97. The van der Waals surface area contributed by atoms with E-state index in [1.165, 1.54) is 18.4 Å². The molecule has 0 amide bonds. The molecule has 1 aromatic rings. The van der Waals surface area contributed by atoms with Gasteiger partial charge in [0, 0.05) is 10.6 Å². The predicted octanol–water partition coefficient (Wildman–Crippen LogP) is 4.44. The van der Waals surface area contributed by atoms with Crippen LogP contribution in [0, 0.1) is 5.92 Å². The Labute approximate surface area is 133 Å². The summed E-state index contributed by atoms with van der Waals surface area (Å²) in [6.07, 6.45) is 2.41. The topological polar surface area (TPSA) is 21.3 Å². The number of ether oxygens (including phenoxy) is 1. The van der Waals surface area contributed by atoms with Crippen molar-refractivity contribution in [3.63, 3.8) is 0 Å². The van der Waals surface area contributed by atoms with Crippen molar-refractivity contribution >= 4 is 24.0 Å². The molecule has 0 atom stereocenters. The van der Waals surface area contributed by atoms with E-state index in [2.05, 4.69) is 26.1 Å². The lowest BCUT2D eigenvalue weighted by Gasteiger charge is -2.26. The van der Waals surface area contributed by atoms with Gasteiger partial charge in [-0.25, -0.2) is 0 Å². The minimum atomic E-state index is 0. The molecule has 1 fully saturated rings. The fraction of sp³-hybridized carbons (Fsp3) is 0.625. The monoisotopic (exact) mass is 317 g/mol. The van der Waals surface area contributed by atoms with Gasteiger partial charge in [0.15, 0.2) is 0 Å². The van der Waals surface area contributed by atoms with Crippen LogP contribution in [0.4, 0.5) is 0 Å². The summed E-state index contributed by atoms with van der Waals surface area (Å²) in [6, 6.07) is 5.94. The average molecular weight is 318 g/mol. The summed E-state index contributed by atoms with van der Waals surface area (Å²) in [5, 5.41) is 4.16. The van der Waals surface area contributed by atoms with E-state index in [1.807, 2.05) is 18.2 Å². The zero-order valence-electron chi connectivity index (χ0n) is 12.5. The summed E-state index contributed by atoms with van der Waals surface area (Å²) in [5.74, 6) is 1.65. The third-order valence-electron chi connectivity index (χ3n) is 3.68. The molecule has 1 aliphatic rings. The van der Waals surface area contributed by atoms with Crippen molar-refractivity contribution in [1.82, 2.24) is 5.32 Å². The van der Waals surface area contributed by atoms with E-state index in [0.29, 0.717) is 5.92 Å². The quantitative estimate of drug-likeness (QED) is 0.890. The predicted molar refractivity (Wildman–Crippen MR) is 88.5 cm³/mol. The maximum Gasteiger partial charge on any atom is 0.123 e. The second kappa shape index (κ2) is 7.53. The van der Waals surface area contributed by atoms with Crippen LogP contribution in [-0.4, -0.2) is 19.7 Å². The van der Waals surface area contributed by atoms with Gasteiger partial charge in [-0.05, 0) is 55.5 Å². The molecule has 1 aromatic carbocycles. The molecule has 2 rings (SSSR count). The highest BCUT2D eigenvalue weighted by atomic mass is 35.5. The maximum absolute atomic E-state index is 6.11. The minimum absolute atomic E-state index is 0. The van der Waals surface area contributed by atoms with Crippen LogP contribution in [0.25, 0.3) is 0 Å². The van der Waals surface area contributed by atoms with Gasteiger partial charge in [-0.15, -0.1) is 12.4 Å². The molecule has 1 heterocycles. The highest BCUT2D eigenvalue weighted by molar-refractivity contribution is 6.30. The number of rotatable bonds is 3. The van der Waals surface area contributed by atoms with E-state index >= 15 is 0 Å². The van der Waals surface area contributed by atoms with Crippen molar-refractivity contribution in [2.24, 2.45) is 5.92 Å². The Morgan fingerprint density at radius 3 is 2.50 bits per heavy atom. The van der Waals surface area contributed by atoms with E-state index in [0.717, 1.165) is 30.5 Å². The first-order valence-corrected chi connectivity index (χ1v) is 7.48. The Morgan fingerprint density at radius 1 is 1.25 bits per heavy atom. The minimum Gasteiger partial charge on any atom is -0.493 e. The first kappa shape index (κ1) is 17.6. The molecule has 114 valence electrons. The molecule has 0 bridgehead atoms. The van der Waals surface area contributed by atoms with Gasteiger partial charge in [-0.2, -0.15) is 0 Å². The molecule has 0 spiro atoms. The standard InChI is InChI=1S/C16H24ClNO.ClH/c1-16(2,3)14-10-13(17)4-5-15(14)19-11-12-6-8-18-9-7-12;/h4-5,10,12,18H,6-9,11H2,1-3H3;1H. The van der Waals surface area contributed by atoms with E-state index < -0.39 is 0 Å². The highest BCUT2D eigenvalue weighted by Crippen LogP contribution is 2.34. The van der Waals surface area contributed by atoms with Gasteiger partial charge in [0.25, 0.3) is 0 Å². The molecule has 0 aromatic heterocycles. The normalized spacial score (nSPS) is 16.6. The van der Waals surface area contributed by atoms with E-state index in [4.69, 9.17) is 16.3 Å². The van der Waals surface area contributed by atoms with Gasteiger partial charge in [0.05, 0.1) is 6.61 Å². The molecule has 0 saturated carbocycles. The van der Waals surface area contributed by atoms with Crippen LogP contribution in [0.2, 0.25) is 5.02 Å². The summed E-state index contributed by atoms with van der Waals surface area (Å²) < 4.78 is 6.07. The summed E-state index contributed by atoms with van der Waals surface area (Å²) in [6.45, 7) is 9.61. The highest BCUT2D eigenvalue weighted by Gasteiger charge is 2.21. The van der Waals surface area contributed by atoms with Crippen LogP contribution in [-0.2, 0) is 5.41 Å². The largest absolute Gasteiger partial charge is 0.493 e. The van der Waals surface area contributed by atoms with Crippen molar-refractivity contribution < 1.29 is 4.74 Å². The molecule has 0 aliphatic carbocycles. The summed E-state index contributed by atoms with van der Waals surface area (Å²) in [4.78, 5) is 0. The van der Waals surface area contributed by atoms with Crippen LogP contribution in [0.3, 0.4) is 0 Å². The molecule has 20 heavy (non-hydrogen) atoms. The van der Waals surface area contributed by atoms with Crippen molar-refractivity contribution in [3.05, 3.63) is 28.8 Å². The number of piperidine rings is 1. The van der Waals surface area contributed by atoms with Crippen molar-refractivity contribution in [2.45, 2.75) is 39.0 Å². The van der Waals surface area contributed by atoms with E-state index in [1.54, 1.807) is 0 Å². The van der Waals surface area contributed by atoms with Crippen LogP contribution < -0.4 is 10.1 Å². The smallest absolute Gasteiger partial charge is 0.123 e. The lowest BCUT2D eigenvalue weighted by molar-refractivity contribution is 0.212. The molecule has 0 radical (unpaired) electrons. The Kier molecular flexibility index (Phi) is 6.63. The van der Waals surface area contributed by atoms with Crippen LogP contribution in [0.15, 0.2) is 18.2 Å². The van der Waals surface area contributed by atoms with Gasteiger partial charge in [0.2, 0.25) is 0 Å². The molecule has 1 aliphatic heterocycles. The Balaban J connectivity index is 0.00000200. The fourth-order valence-corrected chi connectivity index (χ4v) is 2.64. The summed E-state index contributed by atoms with van der Waals surface area (Å²) in [5.41, 5.74) is 1.24. The molecular weight excluding hydrogens is 293 g/mol. The van der Waals surface area contributed by atoms with Gasteiger partial charge in [-0.1, -0.05) is 32.4 Å². The Hall–Kier alpha value is -0.440. The second-order valence-electron chi connectivity index (χ2n) is 6.39. The Morgan fingerprint density at radius 2 is 1.90 bits per heavy atom. The van der Waals surface area contributed by atoms with Crippen LogP contribution in [0.1, 0.15) is 39.2 Å². The number of halogens is 2. The molecular formula is C16H25Cl2NO. The summed E-state index contributed by atoms with van der Waals surface area (Å²) >= 11 is 6.11. The second-order valence-corrected chi connectivity index (χ2v) is 6.83. The van der Waals surface area contributed by atoms with Gasteiger partial charge in [0.1, 0.15) is 5.75 Å². The Bertz CT molecular complexity index is 423. The zero-order valence-corrected chi connectivity index (χ0v) is 14.1. The van der Waals surface area contributed by atoms with Gasteiger partial charge >= 0.3 is 0 Å². The summed E-state index contributed by atoms with van der Waals surface area (Å²) in [7, 11) is 0. The third kappa shape index (κ3) is 4.83. The number of benzene rings is 1. The zero-order chi connectivity index (χ0) is 13.9. The van der Waals surface area contributed by atoms with Crippen LogP contribution in [0.5, 0.6) is 5.75 Å². The van der Waals surface area contributed by atoms with Crippen molar-refractivity contribution in [2.75, 3.05) is 19.7 Å². The molecule has 2 nitrogen and oxygen atoms in total. The average Bonchev–Trinajstić information content (AvgIpc) is 2.37. The van der Waals surface area contributed by atoms with Gasteiger partial charge < -0.3 is 10.1 Å². The van der Waals surface area contributed by atoms with E-state index in [-0.39, 0.29) is 17.8 Å². The third-order valence-corrected chi connectivity index (χ3v) is 3.92. The first-order valence-electron chi connectivity index (χ1n) is 7.10. The lowest BCUT2D eigenvalue weighted by atomic mass is 9.86. The number of hydrogen-bond acceptors (Lipinski definition) is 2. The number of nitrogens with one attached hydrogen (secondary N) is 1. The van der Waals surface area contributed by atoms with Crippen molar-refractivity contribution in [3.8, 4) is 5.75 Å². The molecule has 1 N–H and O–H groups in total. The van der Waals surface area contributed by atoms with Gasteiger partial charge in [-0.3, -0.25) is 0 Å².